The van der Waals surface area contributed by atoms with Crippen LogP contribution in [0, 0.1) is 0 Å². The molecule has 0 bridgehead atoms. The van der Waals surface area contributed by atoms with Crippen molar-refractivity contribution in [1.29, 1.82) is 0 Å². The van der Waals surface area contributed by atoms with Crippen LogP contribution in [0.2, 0.25) is 0 Å². The van der Waals surface area contributed by atoms with Gasteiger partial charge in [-0.2, -0.15) is 0 Å². The number of carbonyl (C=O) groups excluding carboxylic acids is 2. The molecule has 0 radical (unpaired) electrons. The van der Waals surface area contributed by atoms with Crippen LogP contribution in [0.1, 0.15) is 21.5 Å². The first-order valence-electron chi connectivity index (χ1n) is 10.2. The van der Waals surface area contributed by atoms with Crippen LogP contribution in [0.25, 0.3) is 0 Å². The lowest BCUT2D eigenvalue weighted by Crippen LogP contribution is -2.32. The molecule has 3 amide bonds. The highest BCUT2D eigenvalue weighted by molar-refractivity contribution is 5.97. The largest absolute Gasteiger partial charge is 0.336 e. The molecular formula is C25H25N3O2. The molecule has 1 saturated heterocycles. The first-order chi connectivity index (χ1) is 14.7. The lowest BCUT2D eigenvalue weighted by Gasteiger charge is -2.23. The maximum Gasteiger partial charge on any atom is 0.321 e. The highest BCUT2D eigenvalue weighted by Gasteiger charge is 2.22. The second kappa shape index (κ2) is 9.27. The highest BCUT2D eigenvalue weighted by Crippen LogP contribution is 2.19. The van der Waals surface area contributed by atoms with E-state index < -0.39 is 0 Å². The molecule has 30 heavy (non-hydrogen) atoms. The number of urea groups is 1. The van der Waals surface area contributed by atoms with E-state index in [2.05, 4.69) is 17.4 Å². The fourth-order valence-electron chi connectivity index (χ4n) is 3.65. The van der Waals surface area contributed by atoms with Gasteiger partial charge in [-0.25, -0.2) is 4.79 Å². The normalized spacial score (nSPS) is 13.2. The highest BCUT2D eigenvalue weighted by atomic mass is 16.2. The summed E-state index contributed by atoms with van der Waals surface area (Å²) >= 11 is 0. The third-order valence-electron chi connectivity index (χ3n) is 5.30. The van der Waals surface area contributed by atoms with Crippen molar-refractivity contribution in [2.75, 3.05) is 24.5 Å². The van der Waals surface area contributed by atoms with E-state index in [0.29, 0.717) is 31.7 Å². The topological polar surface area (TPSA) is 52.7 Å². The number of amides is 3. The van der Waals surface area contributed by atoms with Gasteiger partial charge >= 0.3 is 6.03 Å². The van der Waals surface area contributed by atoms with Crippen molar-refractivity contribution in [3.8, 4) is 0 Å². The van der Waals surface area contributed by atoms with Crippen LogP contribution in [0.4, 0.5) is 10.5 Å². The van der Waals surface area contributed by atoms with Gasteiger partial charge in [0.25, 0.3) is 5.91 Å². The van der Waals surface area contributed by atoms with Gasteiger partial charge in [-0.3, -0.25) is 9.69 Å². The van der Waals surface area contributed by atoms with Crippen LogP contribution >= 0.6 is 0 Å². The third kappa shape index (κ3) is 4.69. The first kappa shape index (κ1) is 19.7. The van der Waals surface area contributed by atoms with Gasteiger partial charge in [-0.1, -0.05) is 60.7 Å². The number of carbonyl (C=O) groups is 2. The molecule has 4 rings (SSSR count). The number of benzene rings is 3. The predicted octanol–water partition coefficient (Wildman–Crippen LogP) is 4.10. The Labute approximate surface area is 176 Å². The Hall–Kier alpha value is -3.60. The molecule has 0 atom stereocenters. The smallest absolute Gasteiger partial charge is 0.321 e. The van der Waals surface area contributed by atoms with Gasteiger partial charge in [0.1, 0.15) is 0 Å². The van der Waals surface area contributed by atoms with Crippen LogP contribution in [-0.4, -0.2) is 36.5 Å². The van der Waals surface area contributed by atoms with Crippen molar-refractivity contribution < 1.29 is 9.59 Å². The summed E-state index contributed by atoms with van der Waals surface area (Å²) in [6.07, 6.45) is 0.797. The second-order valence-corrected chi connectivity index (χ2v) is 7.38. The summed E-state index contributed by atoms with van der Waals surface area (Å²) in [5, 5.41) is 2.80. The first-order valence-corrected chi connectivity index (χ1v) is 10.2. The minimum Gasteiger partial charge on any atom is -0.336 e. The molecule has 0 aliphatic carbocycles. The molecule has 0 saturated carbocycles. The SMILES string of the molecule is O=C(c1ccc(N2CCNC2=O)cc1)N(CCc1ccccc1)Cc1ccccc1. The van der Waals surface area contributed by atoms with E-state index in [1.165, 1.54) is 5.56 Å². The molecule has 1 N–H and O–H groups in total. The Kier molecular flexibility index (Phi) is 6.09. The molecule has 152 valence electrons. The summed E-state index contributed by atoms with van der Waals surface area (Å²) in [6.45, 7) is 2.48. The molecule has 1 aliphatic rings. The number of rotatable bonds is 7. The number of hydrogen-bond acceptors (Lipinski definition) is 2. The molecule has 1 aliphatic heterocycles. The van der Waals surface area contributed by atoms with E-state index >= 15 is 0 Å². The summed E-state index contributed by atoms with van der Waals surface area (Å²) in [5.74, 6) is -0.00722. The molecule has 3 aromatic carbocycles. The average molecular weight is 399 g/mol. The molecule has 0 aromatic heterocycles. The van der Waals surface area contributed by atoms with Gasteiger partial charge in [0.05, 0.1) is 0 Å². The number of anilines is 1. The van der Waals surface area contributed by atoms with E-state index in [4.69, 9.17) is 0 Å². The number of nitrogens with zero attached hydrogens (tertiary/aromatic N) is 2. The molecule has 1 heterocycles. The Bertz CT molecular complexity index is 988. The summed E-state index contributed by atoms with van der Waals surface area (Å²) in [6, 6.07) is 27.5. The van der Waals surface area contributed by atoms with Crippen molar-refractivity contribution >= 4 is 17.6 Å². The standard InChI is InChI=1S/C25H25N3O2/c29-24(22-11-13-23(14-12-22)28-18-16-26-25(28)30)27(19-21-9-5-2-6-10-21)17-15-20-7-3-1-4-8-20/h1-14H,15-19H2,(H,26,30). The summed E-state index contributed by atoms with van der Waals surface area (Å²) in [7, 11) is 0. The fourth-order valence-corrected chi connectivity index (χ4v) is 3.65. The third-order valence-corrected chi connectivity index (χ3v) is 5.30. The van der Waals surface area contributed by atoms with E-state index in [0.717, 1.165) is 17.7 Å². The average Bonchev–Trinajstić information content (AvgIpc) is 3.23. The Morgan fingerprint density at radius 3 is 2.10 bits per heavy atom. The molecular weight excluding hydrogens is 374 g/mol. The van der Waals surface area contributed by atoms with Gasteiger partial charge < -0.3 is 10.2 Å². The molecule has 5 heteroatoms. The lowest BCUT2D eigenvalue weighted by atomic mass is 10.1. The molecule has 0 spiro atoms. The monoisotopic (exact) mass is 399 g/mol. The van der Waals surface area contributed by atoms with Crippen molar-refractivity contribution in [3.63, 3.8) is 0 Å². The predicted molar refractivity (Wildman–Crippen MR) is 119 cm³/mol. The molecule has 1 fully saturated rings. The van der Waals surface area contributed by atoms with Crippen molar-refractivity contribution in [3.05, 3.63) is 102 Å². The summed E-state index contributed by atoms with van der Waals surface area (Å²) < 4.78 is 0. The van der Waals surface area contributed by atoms with Crippen molar-refractivity contribution in [2.24, 2.45) is 0 Å². The van der Waals surface area contributed by atoms with E-state index in [1.54, 1.807) is 4.90 Å². The van der Waals surface area contributed by atoms with Gasteiger partial charge in [-0.05, 0) is 41.8 Å². The number of hydrogen-bond donors (Lipinski definition) is 1. The number of nitrogens with one attached hydrogen (secondary N) is 1. The Balaban J connectivity index is 1.51. The maximum absolute atomic E-state index is 13.3. The quantitative estimate of drug-likeness (QED) is 0.650. The lowest BCUT2D eigenvalue weighted by molar-refractivity contribution is 0.0745. The van der Waals surface area contributed by atoms with Gasteiger partial charge in [0.2, 0.25) is 0 Å². The molecule has 0 unspecified atom stereocenters. The van der Waals surface area contributed by atoms with Crippen LogP contribution < -0.4 is 10.2 Å². The zero-order valence-electron chi connectivity index (χ0n) is 16.8. The van der Waals surface area contributed by atoms with Crippen LogP contribution in [-0.2, 0) is 13.0 Å². The Morgan fingerprint density at radius 1 is 0.867 bits per heavy atom. The van der Waals surface area contributed by atoms with E-state index in [1.807, 2.05) is 77.7 Å². The Morgan fingerprint density at radius 2 is 1.50 bits per heavy atom. The van der Waals surface area contributed by atoms with Crippen molar-refractivity contribution in [2.45, 2.75) is 13.0 Å². The van der Waals surface area contributed by atoms with Gasteiger partial charge in [0, 0.05) is 37.4 Å². The summed E-state index contributed by atoms with van der Waals surface area (Å²) in [5.41, 5.74) is 3.74. The minimum absolute atomic E-state index is 0.00722. The van der Waals surface area contributed by atoms with Crippen LogP contribution in [0.5, 0.6) is 0 Å². The zero-order valence-corrected chi connectivity index (χ0v) is 16.8. The minimum atomic E-state index is -0.0948. The second-order valence-electron chi connectivity index (χ2n) is 7.38. The van der Waals surface area contributed by atoms with Crippen LogP contribution in [0.3, 0.4) is 0 Å². The summed E-state index contributed by atoms with van der Waals surface area (Å²) in [4.78, 5) is 28.7. The van der Waals surface area contributed by atoms with Gasteiger partial charge in [0.15, 0.2) is 0 Å². The molecule has 3 aromatic rings. The van der Waals surface area contributed by atoms with Crippen LogP contribution in [0.15, 0.2) is 84.9 Å². The maximum atomic E-state index is 13.3. The van der Waals surface area contributed by atoms with Crippen molar-refractivity contribution in [1.82, 2.24) is 10.2 Å². The zero-order chi connectivity index (χ0) is 20.8. The molecule has 5 nitrogen and oxygen atoms in total. The van der Waals surface area contributed by atoms with E-state index in [-0.39, 0.29) is 11.9 Å². The van der Waals surface area contributed by atoms with E-state index in [9.17, 15) is 9.59 Å². The van der Waals surface area contributed by atoms with Gasteiger partial charge in [-0.15, -0.1) is 0 Å². The fraction of sp³-hybridized carbons (Fsp3) is 0.200.